The van der Waals surface area contributed by atoms with Crippen LogP contribution >= 0.6 is 0 Å². The maximum atomic E-state index is 13.5. The Morgan fingerprint density at radius 3 is 2.75 bits per heavy atom. The highest BCUT2D eigenvalue weighted by molar-refractivity contribution is 5.73. The van der Waals surface area contributed by atoms with E-state index in [1.807, 2.05) is 0 Å². The molecule has 1 heterocycles. The van der Waals surface area contributed by atoms with Crippen molar-refractivity contribution < 1.29 is 8.78 Å². The summed E-state index contributed by atoms with van der Waals surface area (Å²) in [7, 11) is 0. The third kappa shape index (κ3) is 1.44. The molecule has 0 saturated heterocycles. The summed E-state index contributed by atoms with van der Waals surface area (Å²) in [6.45, 7) is 2.79. The van der Waals surface area contributed by atoms with E-state index in [0.29, 0.717) is 23.8 Å². The van der Waals surface area contributed by atoms with Crippen LogP contribution in [0.4, 0.5) is 20.2 Å². The minimum atomic E-state index is -0.536. The summed E-state index contributed by atoms with van der Waals surface area (Å²) >= 11 is 0. The van der Waals surface area contributed by atoms with Crippen LogP contribution in [0.5, 0.6) is 0 Å². The van der Waals surface area contributed by atoms with Gasteiger partial charge in [-0.2, -0.15) is 0 Å². The lowest BCUT2D eigenvalue weighted by molar-refractivity contribution is 0.461. The second-order valence-corrected chi connectivity index (χ2v) is 4.98. The summed E-state index contributed by atoms with van der Waals surface area (Å²) in [5, 5.41) is 6.34. The summed E-state index contributed by atoms with van der Waals surface area (Å²) in [5.74, 6) is -0.453. The molecule has 3 rings (SSSR count). The van der Waals surface area contributed by atoms with Crippen molar-refractivity contribution in [1.29, 1.82) is 0 Å². The standard InChI is InChI=1S/C12H14F2N2/c1-12(7-2-3-7)6-15-11-9(14)4-8(13)5-10(11)16-12/h4-5,7,15-16H,2-3,6H2,1H3. The summed E-state index contributed by atoms with van der Waals surface area (Å²) in [6, 6.07) is 2.26. The molecule has 0 bridgehead atoms. The molecule has 86 valence electrons. The van der Waals surface area contributed by atoms with Crippen molar-refractivity contribution >= 4 is 11.4 Å². The molecule has 1 aliphatic carbocycles. The normalized spacial score (nSPS) is 27.9. The number of hydrogen-bond donors (Lipinski definition) is 2. The van der Waals surface area contributed by atoms with Gasteiger partial charge in [0, 0.05) is 12.6 Å². The van der Waals surface area contributed by atoms with Crippen molar-refractivity contribution in [1.82, 2.24) is 0 Å². The highest BCUT2D eigenvalue weighted by atomic mass is 19.1. The van der Waals surface area contributed by atoms with Crippen molar-refractivity contribution in [2.45, 2.75) is 25.3 Å². The second-order valence-electron chi connectivity index (χ2n) is 4.98. The van der Waals surface area contributed by atoms with Gasteiger partial charge in [0.1, 0.15) is 5.82 Å². The first kappa shape index (κ1) is 9.87. The number of halogens is 2. The molecule has 1 aromatic rings. The number of rotatable bonds is 1. The number of hydrogen-bond acceptors (Lipinski definition) is 2. The number of anilines is 2. The lowest BCUT2D eigenvalue weighted by Crippen LogP contribution is -2.47. The Hall–Kier alpha value is -1.32. The fourth-order valence-electron chi connectivity index (χ4n) is 2.44. The third-order valence-electron chi connectivity index (χ3n) is 3.59. The van der Waals surface area contributed by atoms with E-state index in [1.54, 1.807) is 0 Å². The molecule has 0 radical (unpaired) electrons. The molecular formula is C12H14F2N2. The van der Waals surface area contributed by atoms with Crippen LogP contribution in [0, 0.1) is 17.6 Å². The van der Waals surface area contributed by atoms with Gasteiger partial charge in [-0.05, 0) is 31.7 Å². The molecule has 1 atom stereocenters. The Kier molecular flexibility index (Phi) is 1.91. The van der Waals surface area contributed by atoms with Crippen molar-refractivity contribution in [2.24, 2.45) is 5.92 Å². The molecule has 2 nitrogen and oxygen atoms in total. The lowest BCUT2D eigenvalue weighted by atomic mass is 9.92. The number of nitrogens with one attached hydrogen (secondary N) is 2. The van der Waals surface area contributed by atoms with Crippen molar-refractivity contribution in [3.05, 3.63) is 23.8 Å². The molecule has 1 fully saturated rings. The second kappa shape index (κ2) is 3.09. The first-order valence-electron chi connectivity index (χ1n) is 5.59. The molecule has 1 aliphatic heterocycles. The lowest BCUT2D eigenvalue weighted by Gasteiger charge is -2.38. The summed E-state index contributed by atoms with van der Waals surface area (Å²) in [5.41, 5.74) is 0.852. The molecule has 0 amide bonds. The largest absolute Gasteiger partial charge is 0.379 e. The smallest absolute Gasteiger partial charge is 0.151 e. The van der Waals surface area contributed by atoms with Crippen LogP contribution in [0.25, 0.3) is 0 Å². The Morgan fingerprint density at radius 1 is 1.31 bits per heavy atom. The van der Waals surface area contributed by atoms with E-state index in [1.165, 1.54) is 18.9 Å². The van der Waals surface area contributed by atoms with Crippen molar-refractivity contribution in [2.75, 3.05) is 17.2 Å². The number of fused-ring (bicyclic) bond motifs is 1. The molecule has 1 saturated carbocycles. The zero-order valence-electron chi connectivity index (χ0n) is 9.11. The monoisotopic (exact) mass is 224 g/mol. The van der Waals surface area contributed by atoms with E-state index in [0.717, 1.165) is 6.07 Å². The van der Waals surface area contributed by atoms with Gasteiger partial charge < -0.3 is 10.6 Å². The maximum Gasteiger partial charge on any atom is 0.151 e. The Labute approximate surface area is 93.0 Å². The molecule has 1 aromatic carbocycles. The Morgan fingerprint density at radius 2 is 2.06 bits per heavy atom. The van der Waals surface area contributed by atoms with Crippen LogP contribution < -0.4 is 10.6 Å². The Balaban J connectivity index is 1.99. The van der Waals surface area contributed by atoms with Gasteiger partial charge in [0.25, 0.3) is 0 Å². The van der Waals surface area contributed by atoms with Crippen molar-refractivity contribution in [3.8, 4) is 0 Å². The minimum Gasteiger partial charge on any atom is -0.379 e. The van der Waals surface area contributed by atoms with E-state index in [4.69, 9.17) is 0 Å². The molecular weight excluding hydrogens is 210 g/mol. The molecule has 2 aliphatic rings. The third-order valence-corrected chi connectivity index (χ3v) is 3.59. The van der Waals surface area contributed by atoms with E-state index >= 15 is 0 Å². The topological polar surface area (TPSA) is 24.1 Å². The fraction of sp³-hybridized carbons (Fsp3) is 0.500. The fourth-order valence-corrected chi connectivity index (χ4v) is 2.44. The molecule has 4 heteroatoms. The highest BCUT2D eigenvalue weighted by Gasteiger charge is 2.43. The van der Waals surface area contributed by atoms with Gasteiger partial charge in [0.2, 0.25) is 0 Å². The van der Waals surface area contributed by atoms with E-state index < -0.39 is 11.6 Å². The minimum absolute atomic E-state index is 0.0762. The molecule has 2 N–H and O–H groups in total. The van der Waals surface area contributed by atoms with Gasteiger partial charge in [-0.15, -0.1) is 0 Å². The average molecular weight is 224 g/mol. The molecule has 0 spiro atoms. The van der Waals surface area contributed by atoms with Gasteiger partial charge in [-0.1, -0.05) is 0 Å². The predicted octanol–water partition coefficient (Wildman–Crippen LogP) is 2.97. The summed E-state index contributed by atoms with van der Waals surface area (Å²) < 4.78 is 26.6. The predicted molar refractivity (Wildman–Crippen MR) is 59.6 cm³/mol. The van der Waals surface area contributed by atoms with E-state index in [2.05, 4.69) is 17.6 Å². The van der Waals surface area contributed by atoms with Crippen LogP contribution in [0.3, 0.4) is 0 Å². The highest BCUT2D eigenvalue weighted by Crippen LogP contribution is 2.45. The van der Waals surface area contributed by atoms with Gasteiger partial charge in [0.15, 0.2) is 5.82 Å². The first-order chi connectivity index (χ1) is 7.58. The summed E-state index contributed by atoms with van der Waals surface area (Å²) in [6.07, 6.45) is 2.39. The molecule has 16 heavy (non-hydrogen) atoms. The van der Waals surface area contributed by atoms with Crippen LogP contribution in [0.15, 0.2) is 12.1 Å². The maximum absolute atomic E-state index is 13.5. The van der Waals surface area contributed by atoms with Crippen LogP contribution in [-0.2, 0) is 0 Å². The zero-order chi connectivity index (χ0) is 11.3. The average Bonchev–Trinajstić information content (AvgIpc) is 2.99. The van der Waals surface area contributed by atoms with Crippen LogP contribution in [0.2, 0.25) is 0 Å². The summed E-state index contributed by atoms with van der Waals surface area (Å²) in [4.78, 5) is 0. The van der Waals surface area contributed by atoms with Crippen LogP contribution in [-0.4, -0.2) is 12.1 Å². The Bertz CT molecular complexity index is 443. The van der Waals surface area contributed by atoms with Gasteiger partial charge in [-0.25, -0.2) is 8.78 Å². The van der Waals surface area contributed by atoms with Crippen molar-refractivity contribution in [3.63, 3.8) is 0 Å². The van der Waals surface area contributed by atoms with Gasteiger partial charge >= 0.3 is 0 Å². The van der Waals surface area contributed by atoms with Crippen LogP contribution in [0.1, 0.15) is 19.8 Å². The molecule has 0 aromatic heterocycles. The SMILES string of the molecule is CC1(C2CC2)CNc2c(F)cc(F)cc2N1. The molecule has 1 unspecified atom stereocenters. The first-order valence-corrected chi connectivity index (χ1v) is 5.59. The van der Waals surface area contributed by atoms with Gasteiger partial charge in [-0.3, -0.25) is 0 Å². The quantitative estimate of drug-likeness (QED) is 0.766. The van der Waals surface area contributed by atoms with E-state index in [9.17, 15) is 8.78 Å². The van der Waals surface area contributed by atoms with Gasteiger partial charge in [0.05, 0.1) is 16.9 Å². The zero-order valence-corrected chi connectivity index (χ0v) is 9.11. The number of benzene rings is 1. The van der Waals surface area contributed by atoms with E-state index in [-0.39, 0.29) is 5.54 Å².